The van der Waals surface area contributed by atoms with Gasteiger partial charge in [0.25, 0.3) is 0 Å². The van der Waals surface area contributed by atoms with E-state index in [0.29, 0.717) is 19.3 Å². The molecule has 16 heavy (non-hydrogen) atoms. The minimum Gasteiger partial charge on any atom is -0.393 e. The zero-order valence-electron chi connectivity index (χ0n) is 9.34. The van der Waals surface area contributed by atoms with Gasteiger partial charge in [-0.3, -0.25) is 0 Å². The Morgan fingerprint density at radius 3 is 2.62 bits per heavy atom. The van der Waals surface area contributed by atoms with E-state index in [-0.39, 0.29) is 6.04 Å². The van der Waals surface area contributed by atoms with Gasteiger partial charge in [0, 0.05) is 12.5 Å². The number of nitrogens with two attached hydrogens (primary N) is 1. The van der Waals surface area contributed by atoms with Gasteiger partial charge in [-0.05, 0) is 24.8 Å². The Kier molecular flexibility index (Phi) is 3.28. The average molecular weight is 221 g/mol. The van der Waals surface area contributed by atoms with Crippen LogP contribution in [0.25, 0.3) is 0 Å². The molecule has 0 spiro atoms. The molecule has 1 saturated carbocycles. The van der Waals surface area contributed by atoms with E-state index in [1.54, 1.807) is 0 Å². The lowest BCUT2D eigenvalue weighted by Gasteiger charge is -2.28. The molecule has 3 unspecified atom stereocenters. The van der Waals surface area contributed by atoms with Gasteiger partial charge in [0.1, 0.15) is 0 Å². The number of rotatable bonds is 1. The van der Waals surface area contributed by atoms with E-state index in [1.807, 2.05) is 30.3 Å². The Bertz CT molecular complexity index is 341. The number of aliphatic hydroxyl groups is 2. The predicted molar refractivity (Wildman–Crippen MR) is 62.8 cm³/mol. The van der Waals surface area contributed by atoms with Gasteiger partial charge in [-0.15, -0.1) is 0 Å². The molecule has 3 atom stereocenters. The SMILES string of the molecule is NC1CCC(O)(c2ccccc2)CC(O)C1. The van der Waals surface area contributed by atoms with Gasteiger partial charge in [-0.1, -0.05) is 30.3 Å². The van der Waals surface area contributed by atoms with Crippen molar-refractivity contribution in [3.63, 3.8) is 0 Å². The summed E-state index contributed by atoms with van der Waals surface area (Å²) in [7, 11) is 0. The molecule has 0 saturated heterocycles. The molecule has 1 aliphatic rings. The standard InChI is InChI=1S/C13H19NO2/c14-11-6-7-13(16,9-12(15)8-11)10-4-2-1-3-5-10/h1-5,11-12,15-16H,6-9,14H2. The van der Waals surface area contributed by atoms with Crippen LogP contribution in [0.3, 0.4) is 0 Å². The van der Waals surface area contributed by atoms with Gasteiger partial charge < -0.3 is 15.9 Å². The van der Waals surface area contributed by atoms with Gasteiger partial charge in [0.2, 0.25) is 0 Å². The van der Waals surface area contributed by atoms with Crippen molar-refractivity contribution in [2.75, 3.05) is 0 Å². The summed E-state index contributed by atoms with van der Waals surface area (Å²) in [5.74, 6) is 0. The molecule has 0 aromatic heterocycles. The van der Waals surface area contributed by atoms with E-state index < -0.39 is 11.7 Å². The molecule has 1 fully saturated rings. The topological polar surface area (TPSA) is 66.5 Å². The summed E-state index contributed by atoms with van der Waals surface area (Å²) >= 11 is 0. The normalized spacial score (nSPS) is 35.7. The molecule has 4 N–H and O–H groups in total. The second-order valence-corrected chi connectivity index (χ2v) is 4.79. The summed E-state index contributed by atoms with van der Waals surface area (Å²) in [6.07, 6.45) is 1.82. The third-order valence-electron chi connectivity index (χ3n) is 3.39. The molecular weight excluding hydrogens is 202 g/mol. The van der Waals surface area contributed by atoms with Crippen molar-refractivity contribution in [2.45, 2.75) is 43.4 Å². The van der Waals surface area contributed by atoms with E-state index in [0.717, 1.165) is 12.0 Å². The fourth-order valence-corrected chi connectivity index (χ4v) is 2.48. The molecule has 1 aliphatic carbocycles. The van der Waals surface area contributed by atoms with Gasteiger partial charge >= 0.3 is 0 Å². The van der Waals surface area contributed by atoms with Crippen molar-refractivity contribution in [3.8, 4) is 0 Å². The van der Waals surface area contributed by atoms with Crippen LogP contribution < -0.4 is 5.73 Å². The molecule has 88 valence electrons. The number of aliphatic hydroxyl groups excluding tert-OH is 1. The Morgan fingerprint density at radius 2 is 1.94 bits per heavy atom. The lowest BCUT2D eigenvalue weighted by Crippen LogP contribution is -2.29. The monoisotopic (exact) mass is 221 g/mol. The maximum atomic E-state index is 10.6. The molecule has 0 aliphatic heterocycles. The summed E-state index contributed by atoms with van der Waals surface area (Å²) in [6, 6.07) is 9.54. The second-order valence-electron chi connectivity index (χ2n) is 4.79. The summed E-state index contributed by atoms with van der Waals surface area (Å²) in [6.45, 7) is 0. The first-order chi connectivity index (χ1) is 7.60. The maximum absolute atomic E-state index is 10.6. The largest absolute Gasteiger partial charge is 0.393 e. The van der Waals surface area contributed by atoms with Gasteiger partial charge in [0.15, 0.2) is 0 Å². The van der Waals surface area contributed by atoms with Crippen molar-refractivity contribution >= 4 is 0 Å². The average Bonchev–Trinajstić information content (AvgIpc) is 2.40. The second kappa shape index (κ2) is 4.53. The predicted octanol–water partition coefficient (Wildman–Crippen LogP) is 1.14. The quantitative estimate of drug-likeness (QED) is 0.623. The third-order valence-corrected chi connectivity index (χ3v) is 3.39. The highest BCUT2D eigenvalue weighted by Gasteiger charge is 2.35. The van der Waals surface area contributed by atoms with E-state index in [9.17, 15) is 10.2 Å². The summed E-state index contributed by atoms with van der Waals surface area (Å²) < 4.78 is 0. The Labute approximate surface area is 95.9 Å². The number of benzene rings is 1. The Hall–Kier alpha value is -0.900. The lowest BCUT2D eigenvalue weighted by atomic mass is 9.86. The minimum atomic E-state index is -0.922. The highest BCUT2D eigenvalue weighted by Crippen LogP contribution is 2.35. The van der Waals surface area contributed by atoms with Crippen molar-refractivity contribution in [2.24, 2.45) is 5.73 Å². The lowest BCUT2D eigenvalue weighted by molar-refractivity contribution is -0.0137. The fraction of sp³-hybridized carbons (Fsp3) is 0.538. The first-order valence-electron chi connectivity index (χ1n) is 5.82. The molecule has 3 nitrogen and oxygen atoms in total. The zero-order valence-corrected chi connectivity index (χ0v) is 9.34. The van der Waals surface area contributed by atoms with Crippen LogP contribution in [0.15, 0.2) is 30.3 Å². The molecular formula is C13H19NO2. The first kappa shape index (κ1) is 11.6. The molecule has 0 bridgehead atoms. The zero-order chi connectivity index (χ0) is 11.6. The molecule has 2 rings (SSSR count). The van der Waals surface area contributed by atoms with Crippen molar-refractivity contribution < 1.29 is 10.2 Å². The van der Waals surface area contributed by atoms with Crippen LogP contribution in [0, 0.1) is 0 Å². The number of hydrogen-bond donors (Lipinski definition) is 3. The first-order valence-corrected chi connectivity index (χ1v) is 5.82. The molecule has 0 amide bonds. The van der Waals surface area contributed by atoms with Crippen LogP contribution in [0.4, 0.5) is 0 Å². The molecule has 3 heteroatoms. The van der Waals surface area contributed by atoms with Crippen LogP contribution in [0.1, 0.15) is 31.2 Å². The van der Waals surface area contributed by atoms with Crippen molar-refractivity contribution in [1.29, 1.82) is 0 Å². The van der Waals surface area contributed by atoms with Crippen molar-refractivity contribution in [3.05, 3.63) is 35.9 Å². The highest BCUT2D eigenvalue weighted by atomic mass is 16.3. The van der Waals surface area contributed by atoms with Gasteiger partial charge in [-0.25, -0.2) is 0 Å². The van der Waals surface area contributed by atoms with E-state index in [4.69, 9.17) is 5.73 Å². The van der Waals surface area contributed by atoms with E-state index in [2.05, 4.69) is 0 Å². The minimum absolute atomic E-state index is 0.00672. The van der Waals surface area contributed by atoms with Crippen LogP contribution >= 0.6 is 0 Å². The molecule has 0 heterocycles. The highest BCUT2D eigenvalue weighted by molar-refractivity contribution is 5.22. The van der Waals surface area contributed by atoms with Gasteiger partial charge in [0.05, 0.1) is 11.7 Å². The molecule has 1 aromatic rings. The Balaban J connectivity index is 2.23. The van der Waals surface area contributed by atoms with Crippen molar-refractivity contribution in [1.82, 2.24) is 0 Å². The molecule has 1 aromatic carbocycles. The summed E-state index contributed by atoms with van der Waals surface area (Å²) in [5.41, 5.74) is 5.81. The third kappa shape index (κ3) is 2.43. The van der Waals surface area contributed by atoms with E-state index in [1.165, 1.54) is 0 Å². The van der Waals surface area contributed by atoms with Crippen LogP contribution in [-0.4, -0.2) is 22.4 Å². The molecule has 0 radical (unpaired) electrons. The van der Waals surface area contributed by atoms with Crippen LogP contribution in [0.5, 0.6) is 0 Å². The van der Waals surface area contributed by atoms with Crippen LogP contribution in [-0.2, 0) is 5.60 Å². The maximum Gasteiger partial charge on any atom is 0.0921 e. The Morgan fingerprint density at radius 1 is 1.25 bits per heavy atom. The smallest absolute Gasteiger partial charge is 0.0921 e. The summed E-state index contributed by atoms with van der Waals surface area (Å²) in [4.78, 5) is 0. The van der Waals surface area contributed by atoms with Crippen LogP contribution in [0.2, 0.25) is 0 Å². The van der Waals surface area contributed by atoms with E-state index >= 15 is 0 Å². The fourth-order valence-electron chi connectivity index (χ4n) is 2.48. The summed E-state index contributed by atoms with van der Waals surface area (Å²) in [5, 5.41) is 20.4. The van der Waals surface area contributed by atoms with Gasteiger partial charge in [-0.2, -0.15) is 0 Å². The number of hydrogen-bond acceptors (Lipinski definition) is 3.